The number of carbonyl (C=O) groups excluding carboxylic acids is 1. The second-order valence-electron chi connectivity index (χ2n) is 4.67. The number of aryl methyl sites for hydroxylation is 2. The maximum Gasteiger partial charge on any atom is 0.338 e. The Hall–Kier alpha value is -2.64. The average Bonchev–Trinajstić information content (AvgIpc) is 2.98. The number of nitrogens with one attached hydrogen (secondary N) is 1. The molecule has 2 rings (SSSR count). The van der Waals surface area contributed by atoms with E-state index in [1.165, 1.54) is 17.1 Å². The lowest BCUT2D eigenvalue weighted by Gasteiger charge is -2.02. The summed E-state index contributed by atoms with van der Waals surface area (Å²) < 4.78 is 3.10. The van der Waals surface area contributed by atoms with Gasteiger partial charge in [-0.15, -0.1) is 0 Å². The summed E-state index contributed by atoms with van der Waals surface area (Å²) in [6, 6.07) is 1.79. The summed E-state index contributed by atoms with van der Waals surface area (Å²) in [5, 5.41) is 19.6. The third-order valence-corrected chi connectivity index (χ3v) is 2.87. The van der Waals surface area contributed by atoms with Crippen LogP contribution >= 0.6 is 0 Å². The van der Waals surface area contributed by atoms with E-state index in [0.29, 0.717) is 5.82 Å². The van der Waals surface area contributed by atoms with Gasteiger partial charge in [-0.05, 0) is 13.3 Å². The van der Waals surface area contributed by atoms with Crippen LogP contribution in [0.5, 0.6) is 0 Å². The highest BCUT2D eigenvalue weighted by molar-refractivity contribution is 5.90. The van der Waals surface area contributed by atoms with Crippen molar-refractivity contribution in [1.82, 2.24) is 19.6 Å². The van der Waals surface area contributed by atoms with Crippen molar-refractivity contribution in [2.75, 3.05) is 5.32 Å². The first-order valence-electron chi connectivity index (χ1n) is 6.59. The fraction of sp³-hybridized carbons (Fsp3) is 0.385. The standard InChI is InChI=1S/C13H17N5O3/c1-3-4-18-9(2)5-11(16-18)15-12(19)8-17-7-10(6-14-17)13(20)21/h5-7H,3-4,8H2,1-2H3,(H,20,21)(H,15,16,19). The van der Waals surface area contributed by atoms with E-state index in [-0.39, 0.29) is 18.0 Å². The number of hydrogen-bond acceptors (Lipinski definition) is 4. The van der Waals surface area contributed by atoms with Crippen molar-refractivity contribution in [1.29, 1.82) is 0 Å². The molecule has 1 amide bonds. The van der Waals surface area contributed by atoms with Crippen molar-refractivity contribution in [2.24, 2.45) is 0 Å². The second kappa shape index (κ2) is 6.21. The Morgan fingerprint density at radius 2 is 2.19 bits per heavy atom. The van der Waals surface area contributed by atoms with E-state index in [9.17, 15) is 9.59 Å². The summed E-state index contributed by atoms with van der Waals surface area (Å²) in [5.74, 6) is -0.900. The van der Waals surface area contributed by atoms with Gasteiger partial charge >= 0.3 is 5.97 Å². The third-order valence-electron chi connectivity index (χ3n) is 2.87. The number of rotatable bonds is 6. The molecule has 0 spiro atoms. The first-order chi connectivity index (χ1) is 9.99. The molecular weight excluding hydrogens is 274 g/mol. The van der Waals surface area contributed by atoms with Crippen LogP contribution in [0, 0.1) is 6.92 Å². The van der Waals surface area contributed by atoms with E-state index >= 15 is 0 Å². The molecule has 0 saturated carbocycles. The number of carboxylic acids is 1. The van der Waals surface area contributed by atoms with Gasteiger partial charge in [-0.1, -0.05) is 6.92 Å². The Bertz CT molecular complexity index is 659. The van der Waals surface area contributed by atoms with Crippen LogP contribution in [0.25, 0.3) is 0 Å². The molecule has 0 bridgehead atoms. The molecule has 8 nitrogen and oxygen atoms in total. The Labute approximate surface area is 121 Å². The molecule has 0 aliphatic rings. The number of carboxylic acid groups (broad SMARTS) is 1. The van der Waals surface area contributed by atoms with Gasteiger partial charge in [-0.25, -0.2) is 4.79 Å². The molecule has 0 atom stereocenters. The van der Waals surface area contributed by atoms with Gasteiger partial charge in [0.15, 0.2) is 5.82 Å². The van der Waals surface area contributed by atoms with Crippen LogP contribution in [0.2, 0.25) is 0 Å². The molecule has 0 unspecified atom stereocenters. The van der Waals surface area contributed by atoms with E-state index in [2.05, 4.69) is 22.4 Å². The summed E-state index contributed by atoms with van der Waals surface area (Å²) in [6.45, 7) is 4.71. The highest BCUT2D eigenvalue weighted by Gasteiger charge is 2.11. The van der Waals surface area contributed by atoms with Crippen molar-refractivity contribution in [3.63, 3.8) is 0 Å². The predicted octanol–water partition coefficient (Wildman–Crippen LogP) is 1.13. The Kier molecular flexibility index (Phi) is 4.36. The SMILES string of the molecule is CCCn1nc(NC(=O)Cn2cc(C(=O)O)cn2)cc1C. The van der Waals surface area contributed by atoms with Crippen LogP contribution in [0.15, 0.2) is 18.5 Å². The fourth-order valence-corrected chi connectivity index (χ4v) is 1.90. The number of nitrogens with zero attached hydrogens (tertiary/aromatic N) is 4. The van der Waals surface area contributed by atoms with E-state index in [1.807, 2.05) is 11.6 Å². The summed E-state index contributed by atoms with van der Waals surface area (Å²) >= 11 is 0. The van der Waals surface area contributed by atoms with Gasteiger partial charge in [0.1, 0.15) is 6.54 Å². The molecular formula is C13H17N5O3. The topological polar surface area (TPSA) is 102 Å². The van der Waals surface area contributed by atoms with E-state index < -0.39 is 5.97 Å². The molecule has 0 saturated heterocycles. The minimum atomic E-state index is -1.07. The molecule has 0 aliphatic carbocycles. The van der Waals surface area contributed by atoms with Gasteiger partial charge in [0, 0.05) is 24.5 Å². The monoisotopic (exact) mass is 291 g/mol. The number of amides is 1. The number of aromatic carboxylic acids is 1. The van der Waals surface area contributed by atoms with Crippen LogP contribution in [-0.4, -0.2) is 36.5 Å². The minimum absolute atomic E-state index is 0.0471. The van der Waals surface area contributed by atoms with Gasteiger partial charge < -0.3 is 10.4 Å². The molecule has 0 aliphatic heterocycles. The summed E-state index contributed by atoms with van der Waals surface area (Å²) in [7, 11) is 0. The summed E-state index contributed by atoms with van der Waals surface area (Å²) in [6.07, 6.45) is 3.47. The molecule has 8 heteroatoms. The minimum Gasteiger partial charge on any atom is -0.478 e. The quantitative estimate of drug-likeness (QED) is 0.830. The maximum atomic E-state index is 11.9. The smallest absolute Gasteiger partial charge is 0.338 e. The normalized spacial score (nSPS) is 10.6. The number of aromatic nitrogens is 4. The van der Waals surface area contributed by atoms with Crippen LogP contribution in [0.3, 0.4) is 0 Å². The Morgan fingerprint density at radius 3 is 2.81 bits per heavy atom. The molecule has 0 fully saturated rings. The first kappa shape index (κ1) is 14.8. The van der Waals surface area contributed by atoms with E-state index in [1.54, 1.807) is 6.07 Å². The van der Waals surface area contributed by atoms with Crippen molar-refractivity contribution in [3.05, 3.63) is 29.7 Å². The lowest BCUT2D eigenvalue weighted by atomic mass is 10.4. The summed E-state index contributed by atoms with van der Waals surface area (Å²) in [4.78, 5) is 22.6. The molecule has 2 aromatic rings. The lowest BCUT2D eigenvalue weighted by molar-refractivity contribution is -0.116. The van der Waals surface area contributed by atoms with Gasteiger partial charge in [0.2, 0.25) is 5.91 Å². The molecule has 2 N–H and O–H groups in total. The fourth-order valence-electron chi connectivity index (χ4n) is 1.90. The molecule has 0 radical (unpaired) electrons. The highest BCUT2D eigenvalue weighted by atomic mass is 16.4. The predicted molar refractivity (Wildman–Crippen MR) is 75.1 cm³/mol. The first-order valence-corrected chi connectivity index (χ1v) is 6.59. The second-order valence-corrected chi connectivity index (χ2v) is 4.67. The number of anilines is 1. The molecule has 112 valence electrons. The molecule has 21 heavy (non-hydrogen) atoms. The van der Waals surface area contributed by atoms with Crippen LogP contribution in [0.1, 0.15) is 29.4 Å². The third kappa shape index (κ3) is 3.68. The zero-order valence-electron chi connectivity index (χ0n) is 11.9. The zero-order chi connectivity index (χ0) is 15.4. The molecule has 0 aromatic carbocycles. The Balaban J connectivity index is 1.97. The van der Waals surface area contributed by atoms with Crippen molar-refractivity contribution in [2.45, 2.75) is 33.4 Å². The van der Waals surface area contributed by atoms with Gasteiger partial charge in [-0.3, -0.25) is 14.2 Å². The van der Waals surface area contributed by atoms with Crippen LogP contribution in [-0.2, 0) is 17.9 Å². The maximum absolute atomic E-state index is 11.9. The van der Waals surface area contributed by atoms with Crippen LogP contribution < -0.4 is 5.32 Å². The Morgan fingerprint density at radius 1 is 1.43 bits per heavy atom. The van der Waals surface area contributed by atoms with Crippen molar-refractivity contribution < 1.29 is 14.7 Å². The molecule has 2 aromatic heterocycles. The molecule has 2 heterocycles. The largest absolute Gasteiger partial charge is 0.478 e. The van der Waals surface area contributed by atoms with Crippen LogP contribution in [0.4, 0.5) is 5.82 Å². The summed E-state index contributed by atoms with van der Waals surface area (Å²) in [5.41, 5.74) is 1.02. The number of carbonyl (C=O) groups is 2. The average molecular weight is 291 g/mol. The van der Waals surface area contributed by atoms with E-state index in [0.717, 1.165) is 18.7 Å². The van der Waals surface area contributed by atoms with Crippen molar-refractivity contribution >= 4 is 17.7 Å². The van der Waals surface area contributed by atoms with Crippen molar-refractivity contribution in [3.8, 4) is 0 Å². The lowest BCUT2D eigenvalue weighted by Crippen LogP contribution is -2.19. The highest BCUT2D eigenvalue weighted by Crippen LogP contribution is 2.09. The van der Waals surface area contributed by atoms with Gasteiger partial charge in [0.25, 0.3) is 0 Å². The van der Waals surface area contributed by atoms with Gasteiger partial charge in [0.05, 0.1) is 11.8 Å². The zero-order valence-corrected chi connectivity index (χ0v) is 11.9. The van der Waals surface area contributed by atoms with Gasteiger partial charge in [-0.2, -0.15) is 10.2 Å². The number of hydrogen-bond donors (Lipinski definition) is 2. The van der Waals surface area contributed by atoms with E-state index in [4.69, 9.17) is 5.11 Å².